The monoisotopic (exact) mass is 337 g/mol. The molecule has 3 heterocycles. The molecule has 25 heavy (non-hydrogen) atoms. The maximum absolute atomic E-state index is 12.1. The van der Waals surface area contributed by atoms with E-state index in [2.05, 4.69) is 20.4 Å². The number of fused-ring (bicyclic) bond motifs is 1. The molecule has 3 aromatic rings. The number of hydrogen-bond donors (Lipinski definition) is 1. The molecule has 4 rings (SSSR count). The molecule has 0 radical (unpaired) electrons. The summed E-state index contributed by atoms with van der Waals surface area (Å²) in [6.45, 7) is 5.01. The fourth-order valence-corrected chi connectivity index (χ4v) is 2.83. The number of aryl methyl sites for hydroxylation is 2. The largest absolute Gasteiger partial charge is 0.381 e. The fourth-order valence-electron chi connectivity index (χ4n) is 2.83. The van der Waals surface area contributed by atoms with Crippen molar-refractivity contribution in [3.63, 3.8) is 0 Å². The van der Waals surface area contributed by atoms with Crippen molar-refractivity contribution in [3.05, 3.63) is 41.9 Å². The van der Waals surface area contributed by atoms with Crippen LogP contribution in [-0.4, -0.2) is 38.7 Å². The van der Waals surface area contributed by atoms with Crippen LogP contribution in [0, 0.1) is 19.8 Å². The molecule has 0 saturated carbocycles. The molecule has 1 aromatic carbocycles. The first-order chi connectivity index (χ1) is 12.1. The third-order valence-electron chi connectivity index (χ3n) is 4.47. The van der Waals surface area contributed by atoms with E-state index in [1.54, 1.807) is 4.52 Å². The normalized spacial score (nSPS) is 17.1. The molecule has 0 bridgehead atoms. The van der Waals surface area contributed by atoms with Gasteiger partial charge in [0.05, 0.1) is 35.8 Å². The molecular formula is C18H19N5O2. The van der Waals surface area contributed by atoms with Crippen LogP contribution in [0.3, 0.4) is 0 Å². The summed E-state index contributed by atoms with van der Waals surface area (Å²) in [7, 11) is 0. The lowest BCUT2D eigenvalue weighted by Gasteiger charge is -2.09. The summed E-state index contributed by atoms with van der Waals surface area (Å²) < 4.78 is 6.94. The third kappa shape index (κ3) is 3.10. The number of rotatable bonds is 3. The number of hydrogen-bond acceptors (Lipinski definition) is 5. The van der Waals surface area contributed by atoms with Gasteiger partial charge in [-0.05, 0) is 32.4 Å². The van der Waals surface area contributed by atoms with Gasteiger partial charge in [-0.1, -0.05) is 12.1 Å². The van der Waals surface area contributed by atoms with E-state index in [1.165, 1.54) is 0 Å². The highest BCUT2D eigenvalue weighted by Gasteiger charge is 2.23. The van der Waals surface area contributed by atoms with Gasteiger partial charge in [0.2, 0.25) is 5.91 Å². The summed E-state index contributed by atoms with van der Waals surface area (Å²) >= 11 is 0. The minimum atomic E-state index is -0.0539. The molecule has 1 aliphatic rings. The molecule has 2 aromatic heterocycles. The van der Waals surface area contributed by atoms with Crippen LogP contribution < -0.4 is 5.32 Å². The first-order valence-electron chi connectivity index (χ1n) is 8.30. The maximum Gasteiger partial charge on any atom is 0.251 e. The number of nitrogens with one attached hydrogen (secondary N) is 1. The number of aromatic nitrogens is 4. The summed E-state index contributed by atoms with van der Waals surface area (Å²) in [6, 6.07) is 7.62. The Kier molecular flexibility index (Phi) is 3.93. The molecule has 128 valence electrons. The zero-order chi connectivity index (χ0) is 17.4. The van der Waals surface area contributed by atoms with E-state index in [4.69, 9.17) is 4.74 Å². The number of nitrogens with zero attached hydrogens (tertiary/aromatic N) is 4. The molecule has 1 atom stereocenters. The van der Waals surface area contributed by atoms with Crippen molar-refractivity contribution in [2.75, 3.05) is 18.5 Å². The van der Waals surface area contributed by atoms with Gasteiger partial charge in [0.25, 0.3) is 5.78 Å². The Hall–Kier alpha value is -2.80. The Bertz CT molecular complexity index is 888. The van der Waals surface area contributed by atoms with E-state index in [0.29, 0.717) is 19.0 Å². The summed E-state index contributed by atoms with van der Waals surface area (Å²) in [5.41, 5.74) is 4.27. The topological polar surface area (TPSA) is 81.4 Å². The van der Waals surface area contributed by atoms with Gasteiger partial charge in [0.15, 0.2) is 0 Å². The summed E-state index contributed by atoms with van der Waals surface area (Å²) in [6.07, 6.45) is 2.64. The molecule has 1 saturated heterocycles. The Balaban J connectivity index is 1.54. The summed E-state index contributed by atoms with van der Waals surface area (Å²) in [5.74, 6) is 0.538. The number of carbonyl (C=O) groups is 1. The highest BCUT2D eigenvalue weighted by Crippen LogP contribution is 2.22. The van der Waals surface area contributed by atoms with Crippen LogP contribution in [0.25, 0.3) is 17.0 Å². The van der Waals surface area contributed by atoms with E-state index in [-0.39, 0.29) is 11.8 Å². The van der Waals surface area contributed by atoms with Crippen LogP contribution >= 0.6 is 0 Å². The number of amides is 1. The number of imidazole rings is 1. The van der Waals surface area contributed by atoms with Gasteiger partial charge in [0, 0.05) is 17.9 Å². The van der Waals surface area contributed by atoms with Gasteiger partial charge in [-0.15, -0.1) is 0 Å². The molecule has 1 aliphatic heterocycles. The first-order valence-corrected chi connectivity index (χ1v) is 8.30. The highest BCUT2D eigenvalue weighted by molar-refractivity contribution is 5.93. The van der Waals surface area contributed by atoms with E-state index in [9.17, 15) is 4.79 Å². The third-order valence-corrected chi connectivity index (χ3v) is 4.47. The van der Waals surface area contributed by atoms with Crippen molar-refractivity contribution in [3.8, 4) is 11.3 Å². The van der Waals surface area contributed by atoms with Crippen molar-refractivity contribution in [2.24, 2.45) is 5.92 Å². The zero-order valence-electron chi connectivity index (χ0n) is 14.2. The highest BCUT2D eigenvalue weighted by atomic mass is 16.5. The zero-order valence-corrected chi connectivity index (χ0v) is 14.2. The van der Waals surface area contributed by atoms with Crippen molar-refractivity contribution >= 4 is 17.4 Å². The second-order valence-electron chi connectivity index (χ2n) is 6.28. The SMILES string of the molecule is Cc1nc2nc(-c3ccc(NC(=O)C4CCOC4)cc3)cn2nc1C. The lowest BCUT2D eigenvalue weighted by atomic mass is 10.1. The van der Waals surface area contributed by atoms with Gasteiger partial charge >= 0.3 is 0 Å². The van der Waals surface area contributed by atoms with Crippen molar-refractivity contribution < 1.29 is 9.53 Å². The molecule has 1 fully saturated rings. The standard InChI is InChI=1S/C18H19N5O2/c1-11-12(2)22-23-9-16(21-18(23)19-11)13-3-5-15(6-4-13)20-17(24)14-7-8-25-10-14/h3-6,9,14H,7-8,10H2,1-2H3,(H,20,24). The van der Waals surface area contributed by atoms with Gasteiger partial charge in [-0.3, -0.25) is 4.79 Å². The summed E-state index contributed by atoms with van der Waals surface area (Å²) in [4.78, 5) is 21.1. The molecule has 1 unspecified atom stereocenters. The molecule has 7 nitrogen and oxygen atoms in total. The van der Waals surface area contributed by atoms with Gasteiger partial charge in [-0.2, -0.15) is 5.10 Å². The van der Waals surface area contributed by atoms with Gasteiger partial charge in [-0.25, -0.2) is 14.5 Å². The van der Waals surface area contributed by atoms with E-state index in [0.717, 1.165) is 34.8 Å². The molecular weight excluding hydrogens is 318 g/mol. The van der Waals surface area contributed by atoms with Crippen LogP contribution in [0.15, 0.2) is 30.5 Å². The van der Waals surface area contributed by atoms with Crippen LogP contribution in [0.5, 0.6) is 0 Å². The van der Waals surface area contributed by atoms with Gasteiger partial charge < -0.3 is 10.1 Å². The molecule has 0 aliphatic carbocycles. The average molecular weight is 337 g/mol. The Morgan fingerprint density at radius 2 is 2.00 bits per heavy atom. The molecule has 1 amide bonds. The van der Waals surface area contributed by atoms with E-state index in [1.807, 2.05) is 44.3 Å². The van der Waals surface area contributed by atoms with E-state index >= 15 is 0 Å². The second-order valence-corrected chi connectivity index (χ2v) is 6.28. The average Bonchev–Trinajstić information content (AvgIpc) is 3.26. The van der Waals surface area contributed by atoms with Crippen molar-refractivity contribution in [2.45, 2.75) is 20.3 Å². The Labute approximate surface area is 145 Å². The van der Waals surface area contributed by atoms with Gasteiger partial charge in [0.1, 0.15) is 0 Å². The Morgan fingerprint density at radius 1 is 1.20 bits per heavy atom. The predicted molar refractivity (Wildman–Crippen MR) is 93.2 cm³/mol. The van der Waals surface area contributed by atoms with Crippen LogP contribution in [0.1, 0.15) is 17.8 Å². The molecule has 1 N–H and O–H groups in total. The number of anilines is 1. The molecule has 0 spiro atoms. The van der Waals surface area contributed by atoms with Crippen molar-refractivity contribution in [1.82, 2.24) is 19.6 Å². The minimum absolute atomic E-state index is 0.0114. The van der Waals surface area contributed by atoms with Crippen LogP contribution in [-0.2, 0) is 9.53 Å². The number of ether oxygens (including phenoxy) is 1. The fraction of sp³-hybridized carbons (Fsp3) is 0.333. The smallest absolute Gasteiger partial charge is 0.251 e. The van der Waals surface area contributed by atoms with Crippen LogP contribution in [0.2, 0.25) is 0 Å². The minimum Gasteiger partial charge on any atom is -0.381 e. The number of benzene rings is 1. The van der Waals surface area contributed by atoms with Crippen LogP contribution in [0.4, 0.5) is 5.69 Å². The maximum atomic E-state index is 12.1. The molecule has 7 heteroatoms. The lowest BCUT2D eigenvalue weighted by Crippen LogP contribution is -2.22. The second kappa shape index (κ2) is 6.25. The van der Waals surface area contributed by atoms with Crippen molar-refractivity contribution in [1.29, 1.82) is 0 Å². The quantitative estimate of drug-likeness (QED) is 0.793. The van der Waals surface area contributed by atoms with E-state index < -0.39 is 0 Å². The summed E-state index contributed by atoms with van der Waals surface area (Å²) in [5, 5.41) is 7.38. The Morgan fingerprint density at radius 3 is 2.72 bits per heavy atom. The number of carbonyl (C=O) groups excluding carboxylic acids is 1. The predicted octanol–water partition coefficient (Wildman–Crippen LogP) is 2.38. The lowest BCUT2D eigenvalue weighted by molar-refractivity contribution is -0.119. The first kappa shape index (κ1) is 15.7.